The summed E-state index contributed by atoms with van der Waals surface area (Å²) < 4.78 is 5.12. The quantitative estimate of drug-likeness (QED) is 0.692. The average Bonchev–Trinajstić information content (AvgIpc) is 2.17. The van der Waals surface area contributed by atoms with Crippen LogP contribution in [-0.4, -0.2) is 34.9 Å². The summed E-state index contributed by atoms with van der Waals surface area (Å²) in [5, 5.41) is 12.3. The molecule has 0 radical (unpaired) electrons. The van der Waals surface area contributed by atoms with Crippen LogP contribution in [0.5, 0.6) is 0 Å². The molecule has 19 heavy (non-hydrogen) atoms. The van der Waals surface area contributed by atoms with E-state index in [1.807, 2.05) is 0 Å². The molecule has 4 N–H and O–H groups in total. The largest absolute Gasteiger partial charge is 0.444 e. The van der Waals surface area contributed by atoms with E-state index in [1.54, 1.807) is 20.8 Å². The summed E-state index contributed by atoms with van der Waals surface area (Å²) in [5.41, 5.74) is 4.47. The van der Waals surface area contributed by atoms with Crippen molar-refractivity contribution in [2.75, 3.05) is 0 Å². The van der Waals surface area contributed by atoms with Crippen LogP contribution >= 0.6 is 0 Å². The number of primary amides is 1. The molecule has 0 saturated heterocycles. The van der Waals surface area contributed by atoms with Gasteiger partial charge in [-0.05, 0) is 33.1 Å². The van der Waals surface area contributed by atoms with E-state index in [1.165, 1.54) is 0 Å². The number of hydrogen-bond acceptors (Lipinski definition) is 4. The number of aliphatic hydroxyl groups is 1. The summed E-state index contributed by atoms with van der Waals surface area (Å²) in [6.07, 6.45) is 1.78. The normalized spacial score (nSPS) is 19.2. The van der Waals surface area contributed by atoms with Gasteiger partial charge in [-0.1, -0.05) is 19.3 Å². The van der Waals surface area contributed by atoms with Gasteiger partial charge < -0.3 is 20.9 Å². The second-order valence-corrected chi connectivity index (χ2v) is 6.13. The van der Waals surface area contributed by atoms with Gasteiger partial charge in [0.05, 0.1) is 6.04 Å². The van der Waals surface area contributed by atoms with E-state index in [2.05, 4.69) is 5.32 Å². The molecule has 1 rings (SSSR count). The van der Waals surface area contributed by atoms with E-state index in [9.17, 15) is 14.7 Å². The zero-order valence-electron chi connectivity index (χ0n) is 11.8. The lowest BCUT2D eigenvalue weighted by Crippen LogP contribution is -2.51. The Labute approximate surface area is 113 Å². The molecule has 1 fully saturated rings. The Hall–Kier alpha value is -1.30. The summed E-state index contributed by atoms with van der Waals surface area (Å²) in [7, 11) is 0. The van der Waals surface area contributed by atoms with Crippen molar-refractivity contribution < 1.29 is 19.4 Å². The molecule has 6 heteroatoms. The molecule has 2 amide bonds. The van der Waals surface area contributed by atoms with Gasteiger partial charge in [-0.25, -0.2) is 4.79 Å². The minimum absolute atomic E-state index is 0.425. The second-order valence-electron chi connectivity index (χ2n) is 6.13. The third-order valence-corrected chi connectivity index (χ3v) is 3.19. The second kappa shape index (κ2) is 6.23. The molecule has 6 nitrogen and oxygen atoms in total. The van der Waals surface area contributed by atoms with Crippen molar-refractivity contribution in [1.82, 2.24) is 5.32 Å². The number of hydrogen-bond donors (Lipinski definition) is 3. The number of alkyl carbamates (subject to hydrolysis) is 1. The van der Waals surface area contributed by atoms with Crippen LogP contribution in [0.1, 0.15) is 46.5 Å². The molecule has 0 spiro atoms. The van der Waals surface area contributed by atoms with Crippen LogP contribution in [-0.2, 0) is 9.53 Å². The first-order chi connectivity index (χ1) is 8.69. The molecule has 0 bridgehead atoms. The predicted molar refractivity (Wildman–Crippen MR) is 70.3 cm³/mol. The van der Waals surface area contributed by atoms with Gasteiger partial charge in [0.2, 0.25) is 5.91 Å². The average molecular weight is 272 g/mol. The highest BCUT2D eigenvalue weighted by Gasteiger charge is 2.31. The maximum absolute atomic E-state index is 11.7. The SMILES string of the molecule is CC(C)(C)OC(=O)N[C@H](CC1CCC1)[C@@H](O)C(N)=O. The van der Waals surface area contributed by atoms with Crippen LogP contribution in [0.4, 0.5) is 4.79 Å². The van der Waals surface area contributed by atoms with Crippen molar-refractivity contribution in [3.05, 3.63) is 0 Å². The zero-order valence-corrected chi connectivity index (χ0v) is 11.8. The predicted octanol–water partition coefficient (Wildman–Crippen LogP) is 0.916. The molecule has 0 aromatic heterocycles. The Balaban J connectivity index is 2.57. The molecule has 0 unspecified atom stereocenters. The fourth-order valence-corrected chi connectivity index (χ4v) is 2.01. The van der Waals surface area contributed by atoms with E-state index in [4.69, 9.17) is 10.5 Å². The van der Waals surface area contributed by atoms with Gasteiger partial charge in [0.15, 0.2) is 6.10 Å². The fourth-order valence-electron chi connectivity index (χ4n) is 2.01. The van der Waals surface area contributed by atoms with Crippen LogP contribution < -0.4 is 11.1 Å². The standard InChI is InChI=1S/C13H24N2O4/c1-13(2,3)19-12(18)15-9(10(16)11(14)17)7-8-5-4-6-8/h8-10,16H,4-7H2,1-3H3,(H2,14,17)(H,15,18)/t9-,10-/m1/s1. The third kappa shape index (κ3) is 5.46. The molecular formula is C13H24N2O4. The highest BCUT2D eigenvalue weighted by Crippen LogP contribution is 2.31. The van der Waals surface area contributed by atoms with Crippen molar-refractivity contribution in [1.29, 1.82) is 0 Å². The van der Waals surface area contributed by atoms with E-state index < -0.39 is 29.7 Å². The molecular weight excluding hydrogens is 248 g/mol. The maximum Gasteiger partial charge on any atom is 0.407 e. The van der Waals surface area contributed by atoms with Crippen LogP contribution in [0.15, 0.2) is 0 Å². The smallest absolute Gasteiger partial charge is 0.407 e. The fraction of sp³-hybridized carbons (Fsp3) is 0.846. The molecule has 2 atom stereocenters. The van der Waals surface area contributed by atoms with Crippen molar-refractivity contribution in [3.63, 3.8) is 0 Å². The summed E-state index contributed by atoms with van der Waals surface area (Å²) in [5.74, 6) is -0.408. The van der Waals surface area contributed by atoms with Crippen molar-refractivity contribution in [3.8, 4) is 0 Å². The first-order valence-electron chi connectivity index (χ1n) is 6.66. The van der Waals surface area contributed by atoms with E-state index in [0.717, 1.165) is 19.3 Å². The van der Waals surface area contributed by atoms with Gasteiger partial charge in [-0.3, -0.25) is 4.79 Å². The van der Waals surface area contributed by atoms with Gasteiger partial charge in [0.1, 0.15) is 5.60 Å². The number of nitrogens with one attached hydrogen (secondary N) is 1. The van der Waals surface area contributed by atoms with Gasteiger partial charge in [0, 0.05) is 0 Å². The molecule has 0 heterocycles. The highest BCUT2D eigenvalue weighted by atomic mass is 16.6. The molecule has 0 aromatic rings. The molecule has 1 aliphatic rings. The summed E-state index contributed by atoms with van der Waals surface area (Å²) >= 11 is 0. The number of carbonyl (C=O) groups excluding carboxylic acids is 2. The Morgan fingerprint density at radius 1 is 1.42 bits per heavy atom. The lowest BCUT2D eigenvalue weighted by atomic mass is 9.80. The van der Waals surface area contributed by atoms with Crippen LogP contribution in [0.3, 0.4) is 0 Å². The third-order valence-electron chi connectivity index (χ3n) is 3.19. The van der Waals surface area contributed by atoms with E-state index in [0.29, 0.717) is 12.3 Å². The summed E-state index contributed by atoms with van der Waals surface area (Å²) in [6.45, 7) is 5.24. The molecule has 0 aromatic carbocycles. The number of nitrogens with two attached hydrogens (primary N) is 1. The molecule has 110 valence electrons. The van der Waals surface area contributed by atoms with Gasteiger partial charge in [-0.2, -0.15) is 0 Å². The minimum Gasteiger partial charge on any atom is -0.444 e. The number of amides is 2. The topological polar surface area (TPSA) is 102 Å². The summed E-state index contributed by atoms with van der Waals surface area (Å²) in [4.78, 5) is 22.8. The van der Waals surface area contributed by atoms with Crippen molar-refractivity contribution in [2.24, 2.45) is 11.7 Å². The number of aliphatic hydroxyl groups excluding tert-OH is 1. The monoisotopic (exact) mass is 272 g/mol. The number of carbonyl (C=O) groups is 2. The van der Waals surface area contributed by atoms with E-state index in [-0.39, 0.29) is 0 Å². The molecule has 1 saturated carbocycles. The van der Waals surface area contributed by atoms with Crippen LogP contribution in [0.2, 0.25) is 0 Å². The molecule has 0 aliphatic heterocycles. The first kappa shape index (κ1) is 15.8. The van der Waals surface area contributed by atoms with Crippen molar-refractivity contribution >= 4 is 12.0 Å². The minimum atomic E-state index is -1.38. The zero-order chi connectivity index (χ0) is 14.6. The Bertz CT molecular complexity index is 334. The maximum atomic E-state index is 11.7. The lowest BCUT2D eigenvalue weighted by molar-refractivity contribution is -0.127. The van der Waals surface area contributed by atoms with Gasteiger partial charge >= 0.3 is 6.09 Å². The number of ether oxygens (including phenoxy) is 1. The highest BCUT2D eigenvalue weighted by molar-refractivity contribution is 5.80. The molecule has 1 aliphatic carbocycles. The Morgan fingerprint density at radius 2 is 2.00 bits per heavy atom. The van der Waals surface area contributed by atoms with Crippen LogP contribution in [0, 0.1) is 5.92 Å². The van der Waals surface area contributed by atoms with Gasteiger partial charge in [-0.15, -0.1) is 0 Å². The van der Waals surface area contributed by atoms with Crippen molar-refractivity contribution in [2.45, 2.75) is 64.2 Å². The lowest BCUT2D eigenvalue weighted by Gasteiger charge is -2.32. The van der Waals surface area contributed by atoms with Gasteiger partial charge in [0.25, 0.3) is 0 Å². The van der Waals surface area contributed by atoms with Crippen LogP contribution in [0.25, 0.3) is 0 Å². The number of rotatable bonds is 5. The Morgan fingerprint density at radius 3 is 2.37 bits per heavy atom. The first-order valence-corrected chi connectivity index (χ1v) is 6.66. The Kier molecular flexibility index (Phi) is 5.17. The summed E-state index contributed by atoms with van der Waals surface area (Å²) in [6, 6.07) is -0.683. The van der Waals surface area contributed by atoms with E-state index >= 15 is 0 Å².